The molecule has 20 heavy (non-hydrogen) atoms. The largest absolute Gasteiger partial charge is 0.481 e. The van der Waals surface area contributed by atoms with Crippen molar-refractivity contribution < 1.29 is 14.3 Å². The molecule has 0 bridgehead atoms. The Bertz CT molecular complexity index is 614. The van der Waals surface area contributed by atoms with Crippen molar-refractivity contribution in [2.75, 3.05) is 5.32 Å². The Morgan fingerprint density at radius 2 is 1.90 bits per heavy atom. The molecule has 0 fully saturated rings. The fraction of sp³-hybridized carbons (Fsp3) is 0.133. The van der Waals surface area contributed by atoms with E-state index in [2.05, 4.69) is 21.2 Å². The van der Waals surface area contributed by atoms with Gasteiger partial charge in [-0.15, -0.1) is 0 Å². The van der Waals surface area contributed by atoms with Crippen LogP contribution < -0.4 is 5.32 Å². The molecule has 0 atom stereocenters. The van der Waals surface area contributed by atoms with Crippen LogP contribution in [-0.2, 0) is 17.8 Å². The van der Waals surface area contributed by atoms with Crippen LogP contribution in [0.15, 0.2) is 46.9 Å². The van der Waals surface area contributed by atoms with Gasteiger partial charge in [0.15, 0.2) is 0 Å². The zero-order valence-electron chi connectivity index (χ0n) is 10.6. The van der Waals surface area contributed by atoms with Gasteiger partial charge in [0.1, 0.15) is 5.82 Å². The zero-order chi connectivity index (χ0) is 14.5. The highest BCUT2D eigenvalue weighted by Crippen LogP contribution is 2.17. The number of anilines is 1. The summed E-state index contributed by atoms with van der Waals surface area (Å²) >= 11 is 3.21. The second kappa shape index (κ2) is 6.52. The van der Waals surface area contributed by atoms with Gasteiger partial charge in [0.25, 0.3) is 0 Å². The predicted molar refractivity (Wildman–Crippen MR) is 79.2 cm³/mol. The van der Waals surface area contributed by atoms with Gasteiger partial charge in [-0.3, -0.25) is 4.79 Å². The lowest BCUT2D eigenvalue weighted by molar-refractivity contribution is -0.136. The SMILES string of the molecule is O=C(O)Cc1ccc(NCc2ccc(Br)cc2F)cc1. The molecule has 0 aliphatic rings. The monoisotopic (exact) mass is 337 g/mol. The van der Waals surface area contributed by atoms with Crippen molar-refractivity contribution in [3.63, 3.8) is 0 Å². The zero-order valence-corrected chi connectivity index (χ0v) is 12.2. The number of carbonyl (C=O) groups is 1. The second-order valence-electron chi connectivity index (χ2n) is 4.36. The molecule has 0 aliphatic heterocycles. The molecule has 2 rings (SSSR count). The van der Waals surface area contributed by atoms with E-state index >= 15 is 0 Å². The highest BCUT2D eigenvalue weighted by molar-refractivity contribution is 9.10. The standard InChI is InChI=1S/C15H13BrFNO2/c16-12-4-3-11(14(17)8-12)9-18-13-5-1-10(2-6-13)7-15(19)20/h1-6,8,18H,7,9H2,(H,19,20). The molecule has 0 aromatic heterocycles. The van der Waals surface area contributed by atoms with Crippen LogP contribution >= 0.6 is 15.9 Å². The molecule has 104 valence electrons. The summed E-state index contributed by atoms with van der Waals surface area (Å²) in [6.07, 6.45) is 0.00161. The minimum absolute atomic E-state index is 0.00161. The van der Waals surface area contributed by atoms with Crippen molar-refractivity contribution in [2.24, 2.45) is 0 Å². The van der Waals surface area contributed by atoms with Crippen LogP contribution in [-0.4, -0.2) is 11.1 Å². The van der Waals surface area contributed by atoms with Crippen LogP contribution in [0.2, 0.25) is 0 Å². The first kappa shape index (κ1) is 14.5. The Morgan fingerprint density at radius 3 is 2.50 bits per heavy atom. The maximum Gasteiger partial charge on any atom is 0.307 e. The molecule has 2 aromatic rings. The van der Waals surface area contributed by atoms with Gasteiger partial charge in [0.2, 0.25) is 0 Å². The molecule has 0 radical (unpaired) electrons. The van der Waals surface area contributed by atoms with Gasteiger partial charge in [-0.25, -0.2) is 4.39 Å². The molecular formula is C15H13BrFNO2. The van der Waals surface area contributed by atoms with E-state index in [1.54, 1.807) is 36.4 Å². The Balaban J connectivity index is 1.98. The van der Waals surface area contributed by atoms with Crippen molar-refractivity contribution in [3.05, 3.63) is 63.9 Å². The molecule has 2 aromatic carbocycles. The third kappa shape index (κ3) is 4.06. The van der Waals surface area contributed by atoms with Gasteiger partial charge < -0.3 is 10.4 Å². The minimum Gasteiger partial charge on any atom is -0.481 e. The average Bonchev–Trinajstić information content (AvgIpc) is 2.39. The Labute approximate surface area is 124 Å². The third-order valence-electron chi connectivity index (χ3n) is 2.81. The van der Waals surface area contributed by atoms with E-state index in [0.29, 0.717) is 16.6 Å². The number of carboxylic acids is 1. The molecule has 5 heteroatoms. The highest BCUT2D eigenvalue weighted by Gasteiger charge is 2.03. The molecule has 0 spiro atoms. The summed E-state index contributed by atoms with van der Waals surface area (Å²) in [7, 11) is 0. The first-order chi connectivity index (χ1) is 9.54. The quantitative estimate of drug-likeness (QED) is 0.871. The van der Waals surface area contributed by atoms with Gasteiger partial charge in [0, 0.05) is 22.3 Å². The summed E-state index contributed by atoms with van der Waals surface area (Å²) in [5, 5.41) is 11.8. The van der Waals surface area contributed by atoms with E-state index in [4.69, 9.17) is 5.11 Å². The molecule has 0 amide bonds. The van der Waals surface area contributed by atoms with Crippen molar-refractivity contribution in [2.45, 2.75) is 13.0 Å². The number of hydrogen-bond acceptors (Lipinski definition) is 2. The number of carboxylic acid groups (broad SMARTS) is 1. The van der Waals surface area contributed by atoms with Crippen LogP contribution in [0.5, 0.6) is 0 Å². The van der Waals surface area contributed by atoms with Crippen molar-refractivity contribution >= 4 is 27.6 Å². The van der Waals surface area contributed by atoms with E-state index in [1.807, 2.05) is 0 Å². The molecule has 3 nitrogen and oxygen atoms in total. The summed E-state index contributed by atoms with van der Waals surface area (Å²) in [5.41, 5.74) is 2.13. The highest BCUT2D eigenvalue weighted by atomic mass is 79.9. The maximum atomic E-state index is 13.6. The number of hydrogen-bond donors (Lipinski definition) is 2. The molecule has 0 aliphatic carbocycles. The normalized spacial score (nSPS) is 10.3. The van der Waals surface area contributed by atoms with Gasteiger partial charge in [0.05, 0.1) is 6.42 Å². The average molecular weight is 338 g/mol. The van der Waals surface area contributed by atoms with Crippen molar-refractivity contribution in [3.8, 4) is 0 Å². The van der Waals surface area contributed by atoms with E-state index in [-0.39, 0.29) is 12.2 Å². The summed E-state index contributed by atoms with van der Waals surface area (Å²) < 4.78 is 14.3. The van der Waals surface area contributed by atoms with Gasteiger partial charge in [-0.1, -0.05) is 34.1 Å². The lowest BCUT2D eigenvalue weighted by atomic mass is 10.1. The fourth-order valence-corrected chi connectivity index (χ4v) is 2.11. The number of nitrogens with one attached hydrogen (secondary N) is 1. The van der Waals surface area contributed by atoms with Gasteiger partial charge in [-0.05, 0) is 29.8 Å². The maximum absolute atomic E-state index is 13.6. The molecule has 0 unspecified atom stereocenters. The third-order valence-corrected chi connectivity index (χ3v) is 3.30. The van der Waals surface area contributed by atoms with Crippen LogP contribution in [0.1, 0.15) is 11.1 Å². The molecule has 0 saturated carbocycles. The first-order valence-electron chi connectivity index (χ1n) is 6.03. The van der Waals surface area contributed by atoms with E-state index in [0.717, 1.165) is 11.3 Å². The van der Waals surface area contributed by atoms with Crippen LogP contribution in [0, 0.1) is 5.82 Å². The second-order valence-corrected chi connectivity index (χ2v) is 5.27. The summed E-state index contributed by atoms with van der Waals surface area (Å²) in [5.74, 6) is -1.13. The smallest absolute Gasteiger partial charge is 0.307 e. The Morgan fingerprint density at radius 1 is 1.20 bits per heavy atom. The first-order valence-corrected chi connectivity index (χ1v) is 6.82. The lowest BCUT2D eigenvalue weighted by Gasteiger charge is -2.08. The summed E-state index contributed by atoms with van der Waals surface area (Å²) in [6, 6.07) is 12.0. The minimum atomic E-state index is -0.859. The van der Waals surface area contributed by atoms with E-state index < -0.39 is 5.97 Å². The Kier molecular flexibility index (Phi) is 4.74. The number of aliphatic carboxylic acids is 1. The Hall–Kier alpha value is -1.88. The molecule has 0 heterocycles. The van der Waals surface area contributed by atoms with Crippen molar-refractivity contribution in [1.82, 2.24) is 0 Å². The number of halogens is 2. The van der Waals surface area contributed by atoms with E-state index in [9.17, 15) is 9.18 Å². The van der Waals surface area contributed by atoms with E-state index in [1.165, 1.54) is 6.07 Å². The molecule has 2 N–H and O–H groups in total. The summed E-state index contributed by atoms with van der Waals surface area (Å²) in [4.78, 5) is 10.6. The van der Waals surface area contributed by atoms with Gasteiger partial charge >= 0.3 is 5.97 Å². The topological polar surface area (TPSA) is 49.3 Å². The molecular weight excluding hydrogens is 325 g/mol. The number of rotatable bonds is 5. The summed E-state index contributed by atoms with van der Waals surface area (Å²) in [6.45, 7) is 0.372. The lowest BCUT2D eigenvalue weighted by Crippen LogP contribution is -2.03. The van der Waals surface area contributed by atoms with Crippen LogP contribution in [0.4, 0.5) is 10.1 Å². The number of benzene rings is 2. The van der Waals surface area contributed by atoms with Crippen molar-refractivity contribution in [1.29, 1.82) is 0 Å². The predicted octanol–water partition coefficient (Wildman–Crippen LogP) is 3.83. The fourth-order valence-electron chi connectivity index (χ4n) is 1.78. The van der Waals surface area contributed by atoms with Gasteiger partial charge in [-0.2, -0.15) is 0 Å². The van der Waals surface area contributed by atoms with Crippen LogP contribution in [0.25, 0.3) is 0 Å². The molecule has 0 saturated heterocycles. The van der Waals surface area contributed by atoms with Crippen LogP contribution in [0.3, 0.4) is 0 Å².